The SMILES string of the molecule is CC(C)(C)OC(=O)N1C(=O)[C@@H]2C[C@@H]3[C@H](C[C@@]21C)C3(C)C. The number of hydrogen-bond acceptors (Lipinski definition) is 3. The molecule has 1 saturated heterocycles. The number of likely N-dealkylation sites (tertiary alicyclic amines) is 1. The first-order valence-corrected chi connectivity index (χ1v) is 7.55. The molecule has 2 aliphatic carbocycles. The van der Waals surface area contributed by atoms with E-state index < -0.39 is 11.7 Å². The lowest BCUT2D eigenvalue weighted by atomic mass is 9.66. The standard InChI is InChI=1S/C16H25NO3/c1-14(2,3)20-13(19)17-12(18)10-7-9-11(15(9,4)5)8-16(10,17)6/h9-11H,7-8H2,1-6H3/t9-,10+,11+,16+/m1/s1. The lowest BCUT2D eigenvalue weighted by Gasteiger charge is -2.56. The van der Waals surface area contributed by atoms with E-state index in [1.165, 1.54) is 4.90 Å². The Morgan fingerprint density at radius 1 is 1.25 bits per heavy atom. The van der Waals surface area contributed by atoms with Gasteiger partial charge < -0.3 is 4.74 Å². The van der Waals surface area contributed by atoms with Crippen molar-refractivity contribution in [2.45, 2.75) is 65.5 Å². The largest absolute Gasteiger partial charge is 0.443 e. The van der Waals surface area contributed by atoms with Crippen molar-refractivity contribution in [3.63, 3.8) is 0 Å². The van der Waals surface area contributed by atoms with Crippen molar-refractivity contribution >= 4 is 12.0 Å². The Bertz CT molecular complexity index is 490. The zero-order valence-electron chi connectivity index (χ0n) is 13.3. The molecule has 4 nitrogen and oxygen atoms in total. The molecule has 112 valence electrons. The van der Waals surface area contributed by atoms with Gasteiger partial charge in [-0.25, -0.2) is 9.69 Å². The van der Waals surface area contributed by atoms with Gasteiger partial charge in [0.25, 0.3) is 0 Å². The monoisotopic (exact) mass is 279 g/mol. The van der Waals surface area contributed by atoms with E-state index >= 15 is 0 Å². The van der Waals surface area contributed by atoms with Gasteiger partial charge in [-0.15, -0.1) is 0 Å². The quantitative estimate of drug-likeness (QED) is 0.640. The van der Waals surface area contributed by atoms with Crippen LogP contribution in [0.3, 0.4) is 0 Å². The lowest BCUT2D eigenvalue weighted by molar-refractivity contribution is -0.171. The maximum Gasteiger partial charge on any atom is 0.417 e. The number of hydrogen-bond donors (Lipinski definition) is 0. The van der Waals surface area contributed by atoms with Gasteiger partial charge in [-0.3, -0.25) is 4.79 Å². The number of rotatable bonds is 0. The molecule has 0 bridgehead atoms. The number of carbonyl (C=O) groups excluding carboxylic acids is 2. The summed E-state index contributed by atoms with van der Waals surface area (Å²) in [5.41, 5.74) is -0.552. The Labute approximate surface area is 120 Å². The van der Waals surface area contributed by atoms with Gasteiger partial charge in [-0.1, -0.05) is 13.8 Å². The summed E-state index contributed by atoms with van der Waals surface area (Å²) in [6.45, 7) is 12.1. The highest BCUT2D eigenvalue weighted by molar-refractivity contribution is 6.01. The molecule has 4 heteroatoms. The second-order valence-electron chi connectivity index (χ2n) is 8.54. The normalized spacial score (nSPS) is 41.4. The number of fused-ring (bicyclic) bond motifs is 2. The molecule has 4 atom stereocenters. The molecule has 0 N–H and O–H groups in total. The van der Waals surface area contributed by atoms with Crippen LogP contribution in [0.25, 0.3) is 0 Å². The smallest absolute Gasteiger partial charge is 0.417 e. The molecule has 0 aromatic rings. The van der Waals surface area contributed by atoms with E-state index in [-0.39, 0.29) is 17.4 Å². The highest BCUT2D eigenvalue weighted by Crippen LogP contribution is 2.70. The second-order valence-corrected chi connectivity index (χ2v) is 8.54. The molecule has 20 heavy (non-hydrogen) atoms. The molecule has 0 unspecified atom stereocenters. The van der Waals surface area contributed by atoms with Crippen LogP contribution in [0, 0.1) is 23.2 Å². The molecule has 0 radical (unpaired) electrons. The Balaban J connectivity index is 1.79. The summed E-state index contributed by atoms with van der Waals surface area (Å²) in [7, 11) is 0. The maximum absolute atomic E-state index is 12.3. The summed E-state index contributed by atoms with van der Waals surface area (Å²) in [5.74, 6) is 1.27. The van der Waals surface area contributed by atoms with Gasteiger partial charge in [-0.2, -0.15) is 0 Å². The molecule has 0 aromatic carbocycles. The number of β-lactam (4-membered cyclic amide) rings is 1. The van der Waals surface area contributed by atoms with E-state index in [2.05, 4.69) is 13.8 Å². The Hall–Kier alpha value is -1.06. The van der Waals surface area contributed by atoms with Crippen LogP contribution < -0.4 is 0 Å². The van der Waals surface area contributed by atoms with E-state index in [4.69, 9.17) is 4.74 Å². The van der Waals surface area contributed by atoms with Crippen molar-refractivity contribution in [1.29, 1.82) is 0 Å². The lowest BCUT2D eigenvalue weighted by Crippen LogP contribution is -2.72. The summed E-state index contributed by atoms with van der Waals surface area (Å²) in [6, 6.07) is 0. The zero-order chi connectivity index (χ0) is 15.1. The van der Waals surface area contributed by atoms with Gasteiger partial charge in [0.2, 0.25) is 5.91 Å². The first-order chi connectivity index (χ1) is 8.98. The number of nitrogens with zero attached hydrogens (tertiary/aromatic N) is 1. The molecule has 0 aromatic heterocycles. The fraction of sp³-hybridized carbons (Fsp3) is 0.875. The molecule has 3 rings (SSSR count). The van der Waals surface area contributed by atoms with Crippen molar-refractivity contribution < 1.29 is 14.3 Å². The predicted molar refractivity (Wildman–Crippen MR) is 75.0 cm³/mol. The minimum Gasteiger partial charge on any atom is -0.443 e. The number of imide groups is 1. The van der Waals surface area contributed by atoms with Crippen LogP contribution in [0.15, 0.2) is 0 Å². The van der Waals surface area contributed by atoms with Gasteiger partial charge >= 0.3 is 6.09 Å². The van der Waals surface area contributed by atoms with E-state index in [1.807, 2.05) is 27.7 Å². The summed E-state index contributed by atoms with van der Waals surface area (Å²) in [4.78, 5) is 26.0. The van der Waals surface area contributed by atoms with Crippen LogP contribution in [0.2, 0.25) is 0 Å². The third-order valence-corrected chi connectivity index (χ3v) is 5.77. The van der Waals surface area contributed by atoms with E-state index in [1.54, 1.807) is 0 Å². The predicted octanol–water partition coefficient (Wildman–Crippen LogP) is 3.20. The van der Waals surface area contributed by atoms with Crippen molar-refractivity contribution in [3.8, 4) is 0 Å². The van der Waals surface area contributed by atoms with Crippen molar-refractivity contribution in [2.24, 2.45) is 23.2 Å². The fourth-order valence-corrected chi connectivity index (χ4v) is 4.39. The Morgan fingerprint density at radius 2 is 1.85 bits per heavy atom. The minimum atomic E-state index is -0.561. The Kier molecular flexibility index (Phi) is 2.49. The molecule has 2 amide bonds. The van der Waals surface area contributed by atoms with Crippen molar-refractivity contribution in [1.82, 2.24) is 4.90 Å². The van der Waals surface area contributed by atoms with E-state index in [0.717, 1.165) is 12.8 Å². The topological polar surface area (TPSA) is 46.6 Å². The first kappa shape index (κ1) is 13.9. The van der Waals surface area contributed by atoms with Gasteiger partial charge in [-0.05, 0) is 57.8 Å². The van der Waals surface area contributed by atoms with Gasteiger partial charge in [0.1, 0.15) is 5.60 Å². The fourth-order valence-electron chi connectivity index (χ4n) is 4.39. The molecule has 2 saturated carbocycles. The number of carbonyl (C=O) groups is 2. The molecule has 1 aliphatic heterocycles. The number of ether oxygens (including phenoxy) is 1. The van der Waals surface area contributed by atoms with Crippen LogP contribution >= 0.6 is 0 Å². The van der Waals surface area contributed by atoms with E-state index in [0.29, 0.717) is 17.3 Å². The molecule has 3 fully saturated rings. The van der Waals surface area contributed by atoms with Crippen molar-refractivity contribution in [3.05, 3.63) is 0 Å². The summed E-state index contributed by atoms with van der Waals surface area (Å²) >= 11 is 0. The molecular formula is C16H25NO3. The molecular weight excluding hydrogens is 254 g/mol. The molecule has 1 heterocycles. The van der Waals surface area contributed by atoms with Crippen LogP contribution in [0.4, 0.5) is 4.79 Å². The van der Waals surface area contributed by atoms with Crippen LogP contribution in [-0.4, -0.2) is 28.0 Å². The summed E-state index contributed by atoms with van der Waals surface area (Å²) in [5, 5.41) is 0. The third kappa shape index (κ3) is 1.66. The molecule has 0 spiro atoms. The molecule has 3 aliphatic rings. The van der Waals surface area contributed by atoms with Crippen molar-refractivity contribution in [2.75, 3.05) is 0 Å². The number of amides is 2. The third-order valence-electron chi connectivity index (χ3n) is 5.77. The summed E-state index contributed by atoms with van der Waals surface area (Å²) < 4.78 is 5.39. The first-order valence-electron chi connectivity index (χ1n) is 7.55. The average Bonchev–Trinajstić information content (AvgIpc) is 2.74. The maximum atomic E-state index is 12.3. The van der Waals surface area contributed by atoms with Crippen LogP contribution in [0.5, 0.6) is 0 Å². The van der Waals surface area contributed by atoms with Gasteiger partial charge in [0.15, 0.2) is 0 Å². The Morgan fingerprint density at radius 3 is 2.40 bits per heavy atom. The second kappa shape index (κ2) is 3.58. The van der Waals surface area contributed by atoms with Gasteiger partial charge in [0, 0.05) is 0 Å². The van der Waals surface area contributed by atoms with E-state index in [9.17, 15) is 9.59 Å². The summed E-state index contributed by atoms with van der Waals surface area (Å²) in [6.07, 6.45) is 1.39. The highest BCUT2D eigenvalue weighted by Gasteiger charge is 2.72. The highest BCUT2D eigenvalue weighted by atomic mass is 16.6. The zero-order valence-corrected chi connectivity index (χ0v) is 13.3. The van der Waals surface area contributed by atoms with Crippen LogP contribution in [-0.2, 0) is 9.53 Å². The van der Waals surface area contributed by atoms with Crippen LogP contribution in [0.1, 0.15) is 54.4 Å². The minimum absolute atomic E-state index is 0.0121. The average molecular weight is 279 g/mol. The van der Waals surface area contributed by atoms with Gasteiger partial charge in [0.05, 0.1) is 11.5 Å².